The van der Waals surface area contributed by atoms with Gasteiger partial charge in [-0.2, -0.15) is 5.10 Å². The van der Waals surface area contributed by atoms with Gasteiger partial charge in [-0.1, -0.05) is 29.6 Å². The van der Waals surface area contributed by atoms with E-state index in [1.165, 1.54) is 6.42 Å². The highest BCUT2D eigenvalue weighted by molar-refractivity contribution is 6.35. The van der Waals surface area contributed by atoms with Crippen LogP contribution in [-0.4, -0.2) is 38.4 Å². The predicted octanol–water partition coefficient (Wildman–Crippen LogP) is 4.45. The fourth-order valence-corrected chi connectivity index (χ4v) is 4.71. The molecule has 2 aliphatic heterocycles. The summed E-state index contributed by atoms with van der Waals surface area (Å²) in [6.07, 6.45) is 3.40. The number of nitrogens with zero attached hydrogens (tertiary/aromatic N) is 4. The van der Waals surface area contributed by atoms with Crippen molar-refractivity contribution >= 4 is 29.1 Å². The number of nitrogens with one attached hydrogen (secondary N) is 1. The molecule has 0 spiro atoms. The topological polar surface area (TPSA) is 55.1 Å². The van der Waals surface area contributed by atoms with Crippen LogP contribution in [0.3, 0.4) is 0 Å². The number of hydrogen-bond donors (Lipinski definition) is 1. The van der Waals surface area contributed by atoms with Gasteiger partial charge < -0.3 is 4.57 Å². The summed E-state index contributed by atoms with van der Waals surface area (Å²) in [5.41, 5.74) is 8.20. The molecule has 0 atom stereocenters. The zero-order chi connectivity index (χ0) is 20.1. The molecular weight excluding hydrogens is 409 g/mol. The average molecular weight is 430 g/mol. The number of carbonyl (C=O) groups excluding carboxylic acids is 1. The fraction of sp³-hybridized carbons (Fsp3) is 0.333. The molecule has 3 aromatic rings. The maximum Gasteiger partial charge on any atom is 0.286 e. The molecule has 0 unspecified atom stereocenters. The van der Waals surface area contributed by atoms with Crippen LogP contribution in [0.15, 0.2) is 30.3 Å². The molecule has 6 nitrogen and oxygen atoms in total. The van der Waals surface area contributed by atoms with Gasteiger partial charge in [0.2, 0.25) is 0 Å². The van der Waals surface area contributed by atoms with Crippen molar-refractivity contribution in [3.63, 3.8) is 0 Å². The van der Waals surface area contributed by atoms with Crippen LogP contribution in [0.25, 0.3) is 17.1 Å². The monoisotopic (exact) mass is 429 g/mol. The third-order valence-electron chi connectivity index (χ3n) is 5.71. The van der Waals surface area contributed by atoms with Gasteiger partial charge in [0.1, 0.15) is 0 Å². The molecule has 8 heteroatoms. The Kier molecular flexibility index (Phi) is 4.65. The van der Waals surface area contributed by atoms with E-state index in [1.807, 2.05) is 11.1 Å². The van der Waals surface area contributed by atoms with Crippen LogP contribution in [0.4, 0.5) is 0 Å². The molecule has 4 heterocycles. The number of hydrogen-bond acceptors (Lipinski definition) is 3. The summed E-state index contributed by atoms with van der Waals surface area (Å²) >= 11 is 12.6. The van der Waals surface area contributed by atoms with E-state index in [1.54, 1.807) is 16.8 Å². The van der Waals surface area contributed by atoms with E-state index in [0.29, 0.717) is 28.0 Å². The number of rotatable bonds is 3. The summed E-state index contributed by atoms with van der Waals surface area (Å²) in [4.78, 5) is 13.1. The minimum atomic E-state index is -0.171. The number of aryl methyl sites for hydroxylation is 1. The summed E-state index contributed by atoms with van der Waals surface area (Å²) in [5.74, 6) is -0.171. The van der Waals surface area contributed by atoms with E-state index < -0.39 is 0 Å². The third-order valence-corrected chi connectivity index (χ3v) is 6.25. The number of benzene rings is 1. The molecule has 150 valence electrons. The number of piperidine rings is 1. The molecule has 5 rings (SSSR count). The second-order valence-electron chi connectivity index (χ2n) is 7.62. The number of aromatic nitrogens is 3. The zero-order valence-electron chi connectivity index (χ0n) is 16.1. The molecule has 1 aromatic carbocycles. The van der Waals surface area contributed by atoms with Crippen molar-refractivity contribution in [2.75, 3.05) is 13.1 Å². The highest BCUT2D eigenvalue weighted by atomic mass is 35.5. The minimum absolute atomic E-state index is 0.171. The maximum absolute atomic E-state index is 13.1. The largest absolute Gasteiger partial charge is 0.339 e. The molecule has 1 N–H and O–H groups in total. The second kappa shape index (κ2) is 7.20. The van der Waals surface area contributed by atoms with Crippen LogP contribution in [0.5, 0.6) is 0 Å². The van der Waals surface area contributed by atoms with Gasteiger partial charge in [-0.25, -0.2) is 9.69 Å². The van der Waals surface area contributed by atoms with E-state index in [9.17, 15) is 4.79 Å². The highest BCUT2D eigenvalue weighted by Crippen LogP contribution is 2.39. The molecule has 0 aliphatic carbocycles. The molecule has 1 fully saturated rings. The first-order valence-electron chi connectivity index (χ1n) is 9.82. The van der Waals surface area contributed by atoms with E-state index >= 15 is 0 Å². The lowest BCUT2D eigenvalue weighted by Crippen LogP contribution is -2.45. The minimum Gasteiger partial charge on any atom is -0.339 e. The Bertz CT molecular complexity index is 1110. The first-order valence-corrected chi connectivity index (χ1v) is 10.6. The standard InChI is InChI=1S/C21H21Cl2N5O/c1-13-5-7-18-20-15(12-27(13)18)19(21(29)25-26-9-3-2-4-10-26)24-28(20)17-8-6-14(22)11-16(17)23/h5-8,11H,2-4,9-10,12H2,1H3,(H,25,29). The van der Waals surface area contributed by atoms with Gasteiger partial charge in [0.25, 0.3) is 5.91 Å². The number of halogens is 2. The lowest BCUT2D eigenvalue weighted by atomic mass is 10.1. The second-order valence-corrected chi connectivity index (χ2v) is 8.46. The normalized spacial score (nSPS) is 16.0. The van der Waals surface area contributed by atoms with Crippen molar-refractivity contribution in [2.45, 2.75) is 32.7 Å². The van der Waals surface area contributed by atoms with Crippen LogP contribution in [0.1, 0.15) is 41.0 Å². The average Bonchev–Trinajstić information content (AvgIpc) is 3.35. The van der Waals surface area contributed by atoms with Gasteiger partial charge in [-0.05, 0) is 50.1 Å². The molecule has 0 saturated carbocycles. The van der Waals surface area contributed by atoms with Gasteiger partial charge >= 0.3 is 0 Å². The Morgan fingerprint density at radius 2 is 1.90 bits per heavy atom. The van der Waals surface area contributed by atoms with Crippen molar-refractivity contribution in [2.24, 2.45) is 0 Å². The fourth-order valence-electron chi connectivity index (χ4n) is 4.22. The van der Waals surface area contributed by atoms with Crippen molar-refractivity contribution in [1.82, 2.24) is 24.8 Å². The molecule has 1 saturated heterocycles. The highest BCUT2D eigenvalue weighted by Gasteiger charge is 2.32. The van der Waals surface area contributed by atoms with Crippen LogP contribution in [-0.2, 0) is 6.54 Å². The van der Waals surface area contributed by atoms with Gasteiger partial charge in [-0.3, -0.25) is 10.2 Å². The zero-order valence-corrected chi connectivity index (χ0v) is 17.6. The summed E-state index contributed by atoms with van der Waals surface area (Å²) in [6.45, 7) is 4.43. The van der Waals surface area contributed by atoms with Crippen molar-refractivity contribution in [3.8, 4) is 17.1 Å². The van der Waals surface area contributed by atoms with Crippen molar-refractivity contribution < 1.29 is 4.79 Å². The lowest BCUT2D eigenvalue weighted by molar-refractivity contribution is 0.0743. The first-order chi connectivity index (χ1) is 14.0. The van der Waals surface area contributed by atoms with Crippen LogP contribution >= 0.6 is 23.2 Å². The van der Waals surface area contributed by atoms with Gasteiger partial charge in [0.15, 0.2) is 5.69 Å². The summed E-state index contributed by atoms with van der Waals surface area (Å²) in [7, 11) is 0. The molecule has 2 aliphatic rings. The first kappa shape index (κ1) is 18.7. The molecule has 29 heavy (non-hydrogen) atoms. The molecule has 2 aromatic heterocycles. The smallest absolute Gasteiger partial charge is 0.286 e. The molecule has 0 radical (unpaired) electrons. The lowest BCUT2D eigenvalue weighted by Gasteiger charge is -2.26. The Morgan fingerprint density at radius 1 is 1.10 bits per heavy atom. The van der Waals surface area contributed by atoms with Crippen molar-refractivity contribution in [3.05, 3.63) is 57.3 Å². The Morgan fingerprint density at radius 3 is 2.66 bits per heavy atom. The number of carbonyl (C=O) groups is 1. The van der Waals surface area contributed by atoms with Crippen LogP contribution in [0, 0.1) is 6.92 Å². The van der Waals surface area contributed by atoms with Gasteiger partial charge in [0, 0.05) is 29.4 Å². The Balaban J connectivity index is 1.60. The SMILES string of the molecule is Cc1ccc2n1Cc1c(C(=O)NN3CCCCC3)nn(-c3ccc(Cl)cc3Cl)c1-2. The van der Waals surface area contributed by atoms with Crippen molar-refractivity contribution in [1.29, 1.82) is 0 Å². The third kappa shape index (κ3) is 3.16. The van der Waals surface area contributed by atoms with Crippen LogP contribution < -0.4 is 5.43 Å². The summed E-state index contributed by atoms with van der Waals surface area (Å²) in [5, 5.41) is 7.75. The number of hydrazine groups is 1. The predicted molar refractivity (Wildman–Crippen MR) is 114 cm³/mol. The van der Waals surface area contributed by atoms with E-state index in [4.69, 9.17) is 28.3 Å². The number of fused-ring (bicyclic) bond motifs is 3. The molecule has 1 amide bonds. The Hall–Kier alpha value is -2.28. The Labute approximate surface area is 179 Å². The van der Waals surface area contributed by atoms with E-state index in [-0.39, 0.29) is 5.91 Å². The quantitative estimate of drug-likeness (QED) is 0.523. The molecular formula is C21H21Cl2N5O. The van der Waals surface area contributed by atoms with E-state index in [2.05, 4.69) is 29.0 Å². The maximum atomic E-state index is 13.1. The summed E-state index contributed by atoms with van der Waals surface area (Å²) < 4.78 is 3.97. The van der Waals surface area contributed by atoms with Gasteiger partial charge in [-0.15, -0.1) is 0 Å². The van der Waals surface area contributed by atoms with E-state index in [0.717, 1.165) is 48.6 Å². The van der Waals surface area contributed by atoms with Crippen LogP contribution in [0.2, 0.25) is 10.0 Å². The summed E-state index contributed by atoms with van der Waals surface area (Å²) in [6, 6.07) is 9.45. The van der Waals surface area contributed by atoms with Gasteiger partial charge in [0.05, 0.1) is 28.6 Å². The molecule has 0 bridgehead atoms. The number of amides is 1.